The summed E-state index contributed by atoms with van der Waals surface area (Å²) in [6.45, 7) is 5.33. The Bertz CT molecular complexity index is 282. The largest absolute Gasteiger partial charge is 0.466 e. The summed E-state index contributed by atoms with van der Waals surface area (Å²) in [7, 11) is 0. The fourth-order valence-corrected chi connectivity index (χ4v) is 4.46. The van der Waals surface area contributed by atoms with E-state index in [1.165, 1.54) is 57.7 Å². The van der Waals surface area contributed by atoms with Crippen LogP contribution in [0, 0.1) is 5.92 Å². The second-order valence-electron chi connectivity index (χ2n) is 6.47. The van der Waals surface area contributed by atoms with Gasteiger partial charge in [0, 0.05) is 5.82 Å². The molecule has 2 aliphatic rings. The molecular weight excluding hydrogens is 235 g/mol. The molecule has 0 radical (unpaired) electrons. The third-order valence-corrected chi connectivity index (χ3v) is 5.32. The second kappa shape index (κ2) is 7.35. The number of hydrogen-bond donors (Lipinski definition) is 0. The molecule has 2 rings (SSSR count). The number of unbranched alkanes of at least 4 members (excludes halogenated alkanes) is 1. The van der Waals surface area contributed by atoms with Gasteiger partial charge in [0.05, 0.1) is 6.61 Å². The van der Waals surface area contributed by atoms with Crippen LogP contribution in [0.15, 0.2) is 0 Å². The normalized spacial score (nSPS) is 30.8. The molecule has 1 atom stereocenters. The standard InChI is InChI=1S/C16H29BO2/c1-3-5-12-17-14-10-6-8-13(9-7-11-14)15(17)16(18)19-4-2/h13-15H,3-12H2,1-2H3. The maximum absolute atomic E-state index is 12.4. The number of esters is 1. The lowest BCUT2D eigenvalue weighted by Gasteiger charge is -2.28. The van der Waals surface area contributed by atoms with Gasteiger partial charge in [0.1, 0.15) is 0 Å². The van der Waals surface area contributed by atoms with E-state index in [4.69, 9.17) is 4.74 Å². The van der Waals surface area contributed by atoms with Crippen LogP contribution in [0.25, 0.3) is 0 Å². The Kier molecular flexibility index (Phi) is 5.78. The molecule has 0 aromatic heterocycles. The first-order chi connectivity index (χ1) is 9.27. The molecule has 2 heterocycles. The van der Waals surface area contributed by atoms with Gasteiger partial charge >= 0.3 is 5.97 Å². The van der Waals surface area contributed by atoms with Gasteiger partial charge in [-0.25, -0.2) is 0 Å². The van der Waals surface area contributed by atoms with E-state index in [1.807, 2.05) is 6.92 Å². The molecular formula is C16H29BO2. The maximum Gasteiger partial charge on any atom is 0.301 e. The second-order valence-corrected chi connectivity index (χ2v) is 6.47. The molecule has 0 spiro atoms. The first-order valence-corrected chi connectivity index (χ1v) is 8.44. The van der Waals surface area contributed by atoms with Crippen molar-refractivity contribution in [3.05, 3.63) is 0 Å². The Balaban J connectivity index is 2.17. The summed E-state index contributed by atoms with van der Waals surface area (Å²) in [6, 6.07) is 0. The monoisotopic (exact) mass is 264 g/mol. The van der Waals surface area contributed by atoms with Gasteiger partial charge < -0.3 is 4.74 Å². The van der Waals surface area contributed by atoms with Crippen LogP contribution in [-0.4, -0.2) is 19.3 Å². The van der Waals surface area contributed by atoms with Crippen LogP contribution in [0.2, 0.25) is 18.0 Å². The molecule has 3 heteroatoms. The van der Waals surface area contributed by atoms with Crippen molar-refractivity contribution in [1.29, 1.82) is 0 Å². The van der Waals surface area contributed by atoms with E-state index in [2.05, 4.69) is 6.92 Å². The Labute approximate surface area is 118 Å². The molecule has 2 saturated heterocycles. The van der Waals surface area contributed by atoms with Crippen LogP contribution in [0.3, 0.4) is 0 Å². The van der Waals surface area contributed by atoms with Crippen LogP contribution < -0.4 is 0 Å². The quantitative estimate of drug-likeness (QED) is 0.537. The van der Waals surface area contributed by atoms with Crippen molar-refractivity contribution in [2.75, 3.05) is 6.61 Å². The highest BCUT2D eigenvalue weighted by Crippen LogP contribution is 2.48. The fourth-order valence-electron chi connectivity index (χ4n) is 4.46. The molecule has 0 amide bonds. The minimum Gasteiger partial charge on any atom is -0.466 e. The SMILES string of the molecule is CCCCB1C2CCCC(CCC2)C1C(=O)OCC. The summed E-state index contributed by atoms with van der Waals surface area (Å²) in [5.74, 6) is 1.71. The molecule has 0 saturated carbocycles. The first-order valence-electron chi connectivity index (χ1n) is 8.44. The van der Waals surface area contributed by atoms with E-state index in [9.17, 15) is 4.79 Å². The van der Waals surface area contributed by atoms with Gasteiger partial charge in [0.2, 0.25) is 0 Å². The molecule has 108 valence electrons. The summed E-state index contributed by atoms with van der Waals surface area (Å²) >= 11 is 0. The van der Waals surface area contributed by atoms with Crippen molar-refractivity contribution < 1.29 is 9.53 Å². The van der Waals surface area contributed by atoms with Crippen LogP contribution in [0.5, 0.6) is 0 Å². The lowest BCUT2D eigenvalue weighted by molar-refractivity contribution is -0.144. The van der Waals surface area contributed by atoms with Crippen molar-refractivity contribution in [2.45, 2.75) is 83.2 Å². The van der Waals surface area contributed by atoms with E-state index in [0.717, 1.165) is 5.82 Å². The number of rotatable bonds is 5. The first kappa shape index (κ1) is 14.9. The van der Waals surface area contributed by atoms with Crippen LogP contribution in [0.1, 0.15) is 65.2 Å². The van der Waals surface area contributed by atoms with Crippen molar-refractivity contribution in [3.63, 3.8) is 0 Å². The number of ether oxygens (including phenoxy) is 1. The summed E-state index contributed by atoms with van der Waals surface area (Å²) in [5, 5.41) is 0. The van der Waals surface area contributed by atoms with Gasteiger partial charge in [-0.05, 0) is 12.8 Å². The summed E-state index contributed by atoms with van der Waals surface area (Å²) < 4.78 is 5.42. The zero-order valence-corrected chi connectivity index (χ0v) is 12.7. The molecule has 2 nitrogen and oxygen atoms in total. The van der Waals surface area contributed by atoms with Gasteiger partial charge in [-0.1, -0.05) is 70.4 Å². The van der Waals surface area contributed by atoms with Gasteiger partial charge in [0.25, 0.3) is 0 Å². The third-order valence-electron chi connectivity index (χ3n) is 5.32. The predicted molar refractivity (Wildman–Crippen MR) is 80.8 cm³/mol. The lowest BCUT2D eigenvalue weighted by Crippen LogP contribution is -2.34. The Morgan fingerprint density at radius 1 is 1.16 bits per heavy atom. The van der Waals surface area contributed by atoms with Crippen molar-refractivity contribution in [2.24, 2.45) is 5.92 Å². The average Bonchev–Trinajstić information content (AvgIpc) is 2.64. The fraction of sp³-hybridized carbons (Fsp3) is 0.938. The topological polar surface area (TPSA) is 26.3 Å². The molecule has 2 fully saturated rings. The minimum atomic E-state index is 0.113. The highest BCUT2D eigenvalue weighted by atomic mass is 16.5. The summed E-state index contributed by atoms with van der Waals surface area (Å²) in [4.78, 5) is 12.4. The van der Waals surface area contributed by atoms with E-state index in [-0.39, 0.29) is 11.8 Å². The maximum atomic E-state index is 12.4. The average molecular weight is 264 g/mol. The molecule has 2 aliphatic heterocycles. The van der Waals surface area contributed by atoms with E-state index in [1.54, 1.807) is 0 Å². The van der Waals surface area contributed by atoms with E-state index < -0.39 is 0 Å². The van der Waals surface area contributed by atoms with Gasteiger partial charge in [-0.15, -0.1) is 0 Å². The molecule has 0 aliphatic carbocycles. The Hall–Kier alpha value is -0.465. The van der Waals surface area contributed by atoms with Crippen molar-refractivity contribution >= 4 is 12.7 Å². The summed E-state index contributed by atoms with van der Waals surface area (Å²) in [6.07, 6.45) is 11.6. The van der Waals surface area contributed by atoms with Crippen LogP contribution in [0.4, 0.5) is 0 Å². The Morgan fingerprint density at radius 3 is 2.42 bits per heavy atom. The lowest BCUT2D eigenvalue weighted by atomic mass is 9.30. The smallest absolute Gasteiger partial charge is 0.301 e. The van der Waals surface area contributed by atoms with Gasteiger partial charge in [-0.2, -0.15) is 0 Å². The van der Waals surface area contributed by atoms with Crippen LogP contribution in [-0.2, 0) is 9.53 Å². The zero-order valence-electron chi connectivity index (χ0n) is 12.7. The van der Waals surface area contributed by atoms with Crippen molar-refractivity contribution in [1.82, 2.24) is 0 Å². The predicted octanol–water partition coefficient (Wildman–Crippen LogP) is 4.57. The van der Waals surface area contributed by atoms with Gasteiger partial charge in [0.15, 0.2) is 6.71 Å². The third kappa shape index (κ3) is 3.55. The molecule has 0 N–H and O–H groups in total. The number of carbonyl (C=O) groups is 1. The highest BCUT2D eigenvalue weighted by Gasteiger charge is 2.45. The number of fused-ring (bicyclic) bond motifs is 3. The zero-order chi connectivity index (χ0) is 13.7. The molecule has 0 aromatic rings. The highest BCUT2D eigenvalue weighted by molar-refractivity contribution is 6.66. The van der Waals surface area contributed by atoms with E-state index in [0.29, 0.717) is 19.2 Å². The van der Waals surface area contributed by atoms with Crippen molar-refractivity contribution in [3.8, 4) is 0 Å². The van der Waals surface area contributed by atoms with E-state index >= 15 is 0 Å². The number of hydrogen-bond acceptors (Lipinski definition) is 2. The molecule has 2 bridgehead atoms. The van der Waals surface area contributed by atoms with Crippen LogP contribution >= 0.6 is 0 Å². The number of carbonyl (C=O) groups excluding carboxylic acids is 1. The minimum absolute atomic E-state index is 0.113. The Morgan fingerprint density at radius 2 is 1.84 bits per heavy atom. The molecule has 0 aromatic carbocycles. The molecule has 1 unspecified atom stereocenters. The molecule has 19 heavy (non-hydrogen) atoms. The summed E-state index contributed by atoms with van der Waals surface area (Å²) in [5.41, 5.74) is 0. The van der Waals surface area contributed by atoms with Gasteiger partial charge in [-0.3, -0.25) is 4.79 Å².